The van der Waals surface area contributed by atoms with Crippen LogP contribution in [0.5, 0.6) is 0 Å². The van der Waals surface area contributed by atoms with E-state index in [9.17, 15) is 61.0 Å². The molecule has 0 aromatic heterocycles. The molecule has 3 aliphatic heterocycles. The predicted molar refractivity (Wildman–Crippen MR) is 429 cm³/mol. The molecule has 3 rings (SSSR count). The van der Waals surface area contributed by atoms with Crippen LogP contribution in [0.3, 0.4) is 0 Å². The first-order valence-electron chi connectivity index (χ1n) is 43.0. The fraction of sp³-hybridized carbons (Fsp3) is 0.807. The Morgan fingerprint density at radius 3 is 1.05 bits per heavy atom. The average Bonchev–Trinajstić information content (AvgIpc) is 0.782. The van der Waals surface area contributed by atoms with Crippen LogP contribution < -0.4 is 5.32 Å². The lowest BCUT2D eigenvalue weighted by Gasteiger charge is -2.48. The van der Waals surface area contributed by atoms with Crippen molar-refractivity contribution < 1.29 is 89.4 Å². The molecule has 0 radical (unpaired) electrons. The van der Waals surface area contributed by atoms with Crippen LogP contribution in [0.25, 0.3) is 0 Å². The minimum absolute atomic E-state index is 0.232. The number of allylic oxidation sites excluding steroid dienone is 15. The number of aliphatic hydroxyl groups is 11. The molecule has 3 saturated heterocycles. The highest BCUT2D eigenvalue weighted by molar-refractivity contribution is 5.76. The summed E-state index contributed by atoms with van der Waals surface area (Å²) in [6.07, 6.45) is 65.6. The minimum atomic E-state index is -1.99. The Balaban J connectivity index is 1.31. The first-order chi connectivity index (χ1) is 52.3. The standard InChI is InChI=1S/C88H155NO18/c1-3-5-7-9-11-13-15-17-19-21-23-25-26-27-28-29-30-31-32-33-34-35-36-37-38-39-40-41-42-43-44-46-48-50-52-54-56-58-60-62-64-66-76(94)89-71(72(93)65-63-61-59-57-55-53-51-49-47-45-24-22-20-18-16-14-12-10-8-6-4-2)70-102-86-82(100)79(97)84(74(68-91)104-86)107-88-83(101)80(98)85(75(69-92)105-88)106-87-81(99)78(96)77(95)73(67-90)103-87/h5,7,11,13,17,19,23,25,27-28,47,49,55,57,63,65,71-75,77-88,90-93,95-101H,3-4,6,8-10,12,14-16,18,20-22,24,26,29-46,48,50-54,56,58-62,64,66-70H2,1-2H3,(H,89,94)/b7-5-,13-11-,19-17-,25-23-,28-27-,49-47+,57-55+,65-63+. The Hall–Kier alpha value is -3.29. The number of ether oxygens (including phenoxy) is 6. The largest absolute Gasteiger partial charge is 0.394 e. The van der Waals surface area contributed by atoms with Gasteiger partial charge in [0.2, 0.25) is 5.91 Å². The van der Waals surface area contributed by atoms with Gasteiger partial charge in [-0.3, -0.25) is 4.79 Å². The van der Waals surface area contributed by atoms with Crippen molar-refractivity contribution in [2.75, 3.05) is 26.4 Å². The summed E-state index contributed by atoms with van der Waals surface area (Å²) in [5.74, 6) is -0.286. The van der Waals surface area contributed by atoms with Crippen LogP contribution in [-0.4, -0.2) is 193 Å². The van der Waals surface area contributed by atoms with Crippen molar-refractivity contribution in [3.8, 4) is 0 Å². The second-order valence-corrected chi connectivity index (χ2v) is 30.2. The van der Waals surface area contributed by atoms with Crippen molar-refractivity contribution in [2.45, 2.75) is 426 Å². The zero-order valence-electron chi connectivity index (χ0n) is 66.6. The van der Waals surface area contributed by atoms with Gasteiger partial charge in [-0.1, -0.05) is 323 Å². The van der Waals surface area contributed by atoms with Crippen molar-refractivity contribution in [1.82, 2.24) is 5.32 Å². The summed E-state index contributed by atoms with van der Waals surface area (Å²) in [5, 5.41) is 121. The van der Waals surface area contributed by atoms with Gasteiger partial charge in [0.15, 0.2) is 18.9 Å². The number of unbranched alkanes of at least 4 members (excludes halogenated alkanes) is 38. The smallest absolute Gasteiger partial charge is 0.220 e. The van der Waals surface area contributed by atoms with Crippen LogP contribution in [0.2, 0.25) is 0 Å². The van der Waals surface area contributed by atoms with Crippen molar-refractivity contribution in [2.24, 2.45) is 0 Å². The summed E-state index contributed by atoms with van der Waals surface area (Å²) in [6, 6.07) is -1.000. The molecule has 3 heterocycles. The highest BCUT2D eigenvalue weighted by Gasteiger charge is 2.54. The molecule has 3 aliphatic rings. The number of carbonyl (C=O) groups is 1. The molecule has 1 amide bonds. The summed E-state index contributed by atoms with van der Waals surface area (Å²) in [7, 11) is 0. The number of nitrogens with one attached hydrogen (secondary N) is 1. The van der Waals surface area contributed by atoms with Crippen molar-refractivity contribution >= 4 is 5.91 Å². The van der Waals surface area contributed by atoms with E-state index >= 15 is 0 Å². The summed E-state index contributed by atoms with van der Waals surface area (Å²) in [6.45, 7) is 1.62. The molecule has 620 valence electrons. The molecule has 0 saturated carbocycles. The van der Waals surface area contributed by atoms with Crippen LogP contribution in [0.4, 0.5) is 0 Å². The first kappa shape index (κ1) is 97.9. The summed E-state index contributed by atoms with van der Waals surface area (Å²) < 4.78 is 34.4. The zero-order valence-corrected chi connectivity index (χ0v) is 66.6. The Kier molecular flexibility index (Phi) is 61.5. The average molecular weight is 1520 g/mol. The van der Waals surface area contributed by atoms with Gasteiger partial charge in [0.25, 0.3) is 0 Å². The van der Waals surface area contributed by atoms with E-state index in [1.165, 1.54) is 212 Å². The van der Waals surface area contributed by atoms with E-state index in [4.69, 9.17) is 28.4 Å². The van der Waals surface area contributed by atoms with Crippen LogP contribution in [-0.2, 0) is 33.2 Å². The van der Waals surface area contributed by atoms with Gasteiger partial charge >= 0.3 is 0 Å². The van der Waals surface area contributed by atoms with Crippen molar-refractivity contribution in [3.05, 3.63) is 97.2 Å². The molecule has 0 aromatic rings. The topological polar surface area (TPSA) is 307 Å². The molecule has 17 atom stereocenters. The van der Waals surface area contributed by atoms with E-state index in [1.807, 2.05) is 6.08 Å². The maximum absolute atomic E-state index is 13.5. The van der Waals surface area contributed by atoms with Gasteiger partial charge in [0.1, 0.15) is 73.2 Å². The zero-order chi connectivity index (χ0) is 77.4. The number of hydrogen-bond acceptors (Lipinski definition) is 18. The molecule has 107 heavy (non-hydrogen) atoms. The molecular formula is C88H155NO18. The molecule has 0 bridgehead atoms. The monoisotopic (exact) mass is 1510 g/mol. The lowest BCUT2D eigenvalue weighted by Crippen LogP contribution is -2.66. The van der Waals surface area contributed by atoms with Gasteiger partial charge in [0, 0.05) is 6.42 Å². The van der Waals surface area contributed by atoms with E-state index in [1.54, 1.807) is 6.08 Å². The fourth-order valence-electron chi connectivity index (χ4n) is 14.0. The maximum Gasteiger partial charge on any atom is 0.220 e. The van der Waals surface area contributed by atoms with E-state index < -0.39 is 124 Å². The third-order valence-corrected chi connectivity index (χ3v) is 20.8. The summed E-state index contributed by atoms with van der Waals surface area (Å²) in [4.78, 5) is 13.5. The van der Waals surface area contributed by atoms with Crippen molar-refractivity contribution in [3.63, 3.8) is 0 Å². The molecule has 0 aliphatic carbocycles. The van der Waals surface area contributed by atoms with Gasteiger partial charge in [-0.15, -0.1) is 0 Å². The Labute approximate surface area is 647 Å². The van der Waals surface area contributed by atoms with Gasteiger partial charge in [0.05, 0.1) is 38.6 Å². The summed E-state index contributed by atoms with van der Waals surface area (Å²) in [5.41, 5.74) is 0. The lowest BCUT2D eigenvalue weighted by molar-refractivity contribution is -0.379. The molecule has 12 N–H and O–H groups in total. The molecule has 3 fully saturated rings. The van der Waals surface area contributed by atoms with Gasteiger partial charge in [-0.05, 0) is 89.9 Å². The van der Waals surface area contributed by atoms with E-state index in [0.29, 0.717) is 12.8 Å². The molecule has 19 nitrogen and oxygen atoms in total. The predicted octanol–water partition coefficient (Wildman–Crippen LogP) is 15.5. The maximum atomic E-state index is 13.5. The Morgan fingerprint density at radius 2 is 0.654 bits per heavy atom. The van der Waals surface area contributed by atoms with E-state index in [-0.39, 0.29) is 18.9 Å². The number of amides is 1. The van der Waals surface area contributed by atoms with E-state index in [2.05, 4.69) is 104 Å². The molecule has 0 aromatic carbocycles. The van der Waals surface area contributed by atoms with Gasteiger partial charge < -0.3 is 89.9 Å². The second kappa shape index (κ2) is 67.2. The molecular weight excluding hydrogens is 1360 g/mol. The number of rotatable bonds is 68. The second-order valence-electron chi connectivity index (χ2n) is 30.2. The van der Waals surface area contributed by atoms with Crippen LogP contribution >= 0.6 is 0 Å². The third kappa shape index (κ3) is 46.5. The number of hydrogen-bond donors (Lipinski definition) is 12. The van der Waals surface area contributed by atoms with Gasteiger partial charge in [-0.25, -0.2) is 0 Å². The first-order valence-corrected chi connectivity index (χ1v) is 43.0. The van der Waals surface area contributed by atoms with Gasteiger partial charge in [-0.2, -0.15) is 0 Å². The quantitative estimate of drug-likeness (QED) is 0.0199. The van der Waals surface area contributed by atoms with Crippen molar-refractivity contribution in [1.29, 1.82) is 0 Å². The molecule has 17 unspecified atom stereocenters. The van der Waals surface area contributed by atoms with Crippen LogP contribution in [0, 0.1) is 0 Å². The SMILES string of the molecule is CC/C=C\C/C=C\C/C=C\C/C=C\C/C=C\CCCCCCCCCCCCCCCCCCCCCCCCCCCC(=O)NC(COC1OC(CO)C(OC2OC(CO)C(OC3OC(CO)C(O)C(O)C3O)C(O)C2O)C(O)C1O)C(O)/C=C/CC/C=C/CC/C=C/CCCCCCCCCCCCC. The Morgan fingerprint density at radius 1 is 0.346 bits per heavy atom. The summed E-state index contributed by atoms with van der Waals surface area (Å²) >= 11 is 0. The third-order valence-electron chi connectivity index (χ3n) is 20.8. The molecule has 19 heteroatoms. The molecule has 0 spiro atoms. The minimum Gasteiger partial charge on any atom is -0.394 e. The lowest BCUT2D eigenvalue weighted by atomic mass is 9.96. The van der Waals surface area contributed by atoms with E-state index in [0.717, 1.165) is 77.0 Å². The van der Waals surface area contributed by atoms with Crippen LogP contribution in [0.1, 0.15) is 322 Å². The Bertz CT molecular complexity index is 2310. The fourth-order valence-corrected chi connectivity index (χ4v) is 14.0. The number of aliphatic hydroxyl groups excluding tert-OH is 11. The normalized spacial score (nSPS) is 26.0. The van der Waals surface area contributed by atoms with Crippen LogP contribution in [0.15, 0.2) is 97.2 Å². The highest BCUT2D eigenvalue weighted by Crippen LogP contribution is 2.33. The number of carbonyl (C=O) groups excluding carboxylic acids is 1. The highest BCUT2D eigenvalue weighted by atomic mass is 16.8.